The highest BCUT2D eigenvalue weighted by Crippen LogP contribution is 2.19. The van der Waals surface area contributed by atoms with Gasteiger partial charge in [-0.1, -0.05) is 24.3 Å². The number of ether oxygens (including phenoxy) is 1. The SMILES string of the molecule is CNC(Cc1ccc2ccccc2n1)CC1CCCCO1. The maximum Gasteiger partial charge on any atom is 0.0705 e. The van der Waals surface area contributed by atoms with E-state index in [9.17, 15) is 0 Å². The third-order valence-corrected chi connectivity index (χ3v) is 4.34. The summed E-state index contributed by atoms with van der Waals surface area (Å²) in [5.74, 6) is 0. The second-order valence-electron chi connectivity index (χ2n) is 5.91. The lowest BCUT2D eigenvalue weighted by Gasteiger charge is -2.26. The fraction of sp³-hybridized carbons (Fsp3) is 0.500. The van der Waals surface area contributed by atoms with Gasteiger partial charge in [0.25, 0.3) is 0 Å². The third kappa shape index (κ3) is 3.80. The molecule has 2 atom stereocenters. The summed E-state index contributed by atoms with van der Waals surface area (Å²) in [6.45, 7) is 0.926. The van der Waals surface area contributed by atoms with Gasteiger partial charge >= 0.3 is 0 Å². The highest BCUT2D eigenvalue weighted by atomic mass is 16.5. The first kappa shape index (κ1) is 14.5. The second kappa shape index (κ2) is 7.01. The van der Waals surface area contributed by atoms with E-state index in [4.69, 9.17) is 9.72 Å². The van der Waals surface area contributed by atoms with Crippen LogP contribution in [-0.2, 0) is 11.2 Å². The molecule has 1 N–H and O–H groups in total. The van der Waals surface area contributed by atoms with Crippen LogP contribution in [0.2, 0.25) is 0 Å². The summed E-state index contributed by atoms with van der Waals surface area (Å²) in [7, 11) is 2.04. The molecule has 0 amide bonds. The molecule has 2 aromatic rings. The van der Waals surface area contributed by atoms with Crippen molar-refractivity contribution in [3.05, 3.63) is 42.1 Å². The molecule has 3 rings (SSSR count). The number of hydrogen-bond acceptors (Lipinski definition) is 3. The Bertz CT molecular complexity index is 578. The van der Waals surface area contributed by atoms with E-state index in [0.717, 1.165) is 30.7 Å². The fourth-order valence-electron chi connectivity index (χ4n) is 3.09. The predicted molar refractivity (Wildman–Crippen MR) is 86.5 cm³/mol. The molecule has 1 fully saturated rings. The van der Waals surface area contributed by atoms with E-state index >= 15 is 0 Å². The van der Waals surface area contributed by atoms with Crippen LogP contribution in [0.1, 0.15) is 31.4 Å². The quantitative estimate of drug-likeness (QED) is 0.914. The first-order valence-electron chi connectivity index (χ1n) is 7.98. The zero-order valence-corrected chi connectivity index (χ0v) is 12.7. The van der Waals surface area contributed by atoms with Crippen molar-refractivity contribution in [3.8, 4) is 0 Å². The number of fused-ring (bicyclic) bond motifs is 1. The van der Waals surface area contributed by atoms with Gasteiger partial charge in [0.2, 0.25) is 0 Å². The molecule has 2 unspecified atom stereocenters. The minimum absolute atomic E-state index is 0.414. The summed E-state index contributed by atoms with van der Waals surface area (Å²) >= 11 is 0. The Kier molecular flexibility index (Phi) is 4.84. The van der Waals surface area contributed by atoms with Gasteiger partial charge in [-0.15, -0.1) is 0 Å². The van der Waals surface area contributed by atoms with Gasteiger partial charge in [0.1, 0.15) is 0 Å². The van der Waals surface area contributed by atoms with Crippen LogP contribution in [0, 0.1) is 0 Å². The standard InChI is InChI=1S/C18H24N2O/c1-19-16(13-17-7-4-5-11-21-17)12-15-10-9-14-6-2-3-8-18(14)20-15/h2-3,6,8-10,16-17,19H,4-5,7,11-13H2,1H3. The number of likely N-dealkylation sites (N-methyl/N-ethyl adjacent to an activating group) is 1. The molecule has 112 valence electrons. The largest absolute Gasteiger partial charge is 0.378 e. The van der Waals surface area contributed by atoms with E-state index in [1.807, 2.05) is 13.1 Å². The van der Waals surface area contributed by atoms with E-state index in [-0.39, 0.29) is 0 Å². The molecule has 3 heteroatoms. The van der Waals surface area contributed by atoms with Crippen molar-refractivity contribution in [3.63, 3.8) is 0 Å². The minimum Gasteiger partial charge on any atom is -0.378 e. The number of pyridine rings is 1. The van der Waals surface area contributed by atoms with Crippen LogP contribution >= 0.6 is 0 Å². The van der Waals surface area contributed by atoms with E-state index in [0.29, 0.717) is 12.1 Å². The Morgan fingerprint density at radius 3 is 2.95 bits per heavy atom. The van der Waals surface area contributed by atoms with Crippen molar-refractivity contribution in [2.45, 2.75) is 44.2 Å². The van der Waals surface area contributed by atoms with Crippen molar-refractivity contribution in [2.24, 2.45) is 0 Å². The maximum atomic E-state index is 5.86. The van der Waals surface area contributed by atoms with Crippen molar-refractivity contribution < 1.29 is 4.74 Å². The fourth-order valence-corrected chi connectivity index (χ4v) is 3.09. The molecular weight excluding hydrogens is 260 g/mol. The summed E-state index contributed by atoms with van der Waals surface area (Å²) in [4.78, 5) is 4.78. The van der Waals surface area contributed by atoms with Gasteiger partial charge in [-0.05, 0) is 44.9 Å². The molecule has 0 spiro atoms. The third-order valence-electron chi connectivity index (χ3n) is 4.34. The predicted octanol–water partition coefficient (Wildman–Crippen LogP) is 3.32. The topological polar surface area (TPSA) is 34.2 Å². The molecule has 0 bridgehead atoms. The summed E-state index contributed by atoms with van der Waals surface area (Å²) in [6.07, 6.45) is 6.16. The second-order valence-corrected chi connectivity index (χ2v) is 5.91. The number of benzene rings is 1. The summed E-state index contributed by atoms with van der Waals surface area (Å²) < 4.78 is 5.86. The van der Waals surface area contributed by atoms with E-state index in [1.54, 1.807) is 0 Å². The molecule has 1 aliphatic heterocycles. The van der Waals surface area contributed by atoms with Crippen molar-refractivity contribution in [1.82, 2.24) is 10.3 Å². The molecule has 2 heterocycles. The van der Waals surface area contributed by atoms with Crippen LogP contribution in [0.5, 0.6) is 0 Å². The van der Waals surface area contributed by atoms with Crippen LogP contribution in [0.3, 0.4) is 0 Å². The monoisotopic (exact) mass is 284 g/mol. The Labute approximate surface area is 126 Å². The summed E-state index contributed by atoms with van der Waals surface area (Å²) in [5.41, 5.74) is 2.24. The van der Waals surface area contributed by atoms with Crippen molar-refractivity contribution in [1.29, 1.82) is 0 Å². The molecule has 0 aliphatic carbocycles. The molecule has 21 heavy (non-hydrogen) atoms. The minimum atomic E-state index is 0.414. The van der Waals surface area contributed by atoms with Gasteiger partial charge in [0.05, 0.1) is 11.6 Å². The van der Waals surface area contributed by atoms with E-state index < -0.39 is 0 Å². The lowest BCUT2D eigenvalue weighted by atomic mass is 9.98. The molecule has 3 nitrogen and oxygen atoms in total. The van der Waals surface area contributed by atoms with Gasteiger partial charge in [-0.2, -0.15) is 0 Å². The van der Waals surface area contributed by atoms with Crippen molar-refractivity contribution in [2.75, 3.05) is 13.7 Å². The smallest absolute Gasteiger partial charge is 0.0705 e. The van der Waals surface area contributed by atoms with Gasteiger partial charge in [0, 0.05) is 30.1 Å². The highest BCUT2D eigenvalue weighted by molar-refractivity contribution is 5.78. The molecule has 1 aromatic heterocycles. The zero-order chi connectivity index (χ0) is 14.5. The summed E-state index contributed by atoms with van der Waals surface area (Å²) in [6, 6.07) is 13.0. The molecule has 0 saturated carbocycles. The normalized spacial score (nSPS) is 20.5. The van der Waals surface area contributed by atoms with Crippen LogP contribution in [0.25, 0.3) is 10.9 Å². The number of para-hydroxylation sites is 1. The van der Waals surface area contributed by atoms with Gasteiger partial charge in [-0.25, -0.2) is 0 Å². The molecule has 0 radical (unpaired) electrons. The van der Waals surface area contributed by atoms with E-state index in [2.05, 4.69) is 35.6 Å². The Hall–Kier alpha value is -1.45. The summed E-state index contributed by atoms with van der Waals surface area (Å²) in [5, 5.41) is 4.63. The number of rotatable bonds is 5. The van der Waals surface area contributed by atoms with Gasteiger partial charge < -0.3 is 10.1 Å². The number of aromatic nitrogens is 1. The Morgan fingerprint density at radius 2 is 2.14 bits per heavy atom. The van der Waals surface area contributed by atoms with Gasteiger partial charge in [0.15, 0.2) is 0 Å². The van der Waals surface area contributed by atoms with Crippen LogP contribution in [0.15, 0.2) is 36.4 Å². The molecule has 1 aromatic carbocycles. The Morgan fingerprint density at radius 1 is 1.24 bits per heavy atom. The van der Waals surface area contributed by atoms with E-state index in [1.165, 1.54) is 24.6 Å². The average Bonchev–Trinajstić information content (AvgIpc) is 2.55. The first-order chi connectivity index (χ1) is 10.3. The Balaban J connectivity index is 1.66. The zero-order valence-electron chi connectivity index (χ0n) is 12.7. The molecular formula is C18H24N2O. The number of nitrogens with zero attached hydrogens (tertiary/aromatic N) is 1. The lowest BCUT2D eigenvalue weighted by molar-refractivity contribution is 0.00564. The average molecular weight is 284 g/mol. The maximum absolute atomic E-state index is 5.86. The number of nitrogens with one attached hydrogen (secondary N) is 1. The first-order valence-corrected chi connectivity index (χ1v) is 7.98. The van der Waals surface area contributed by atoms with Gasteiger partial charge in [-0.3, -0.25) is 4.98 Å². The molecule has 1 saturated heterocycles. The van der Waals surface area contributed by atoms with Crippen LogP contribution < -0.4 is 5.32 Å². The molecule has 1 aliphatic rings. The number of hydrogen-bond donors (Lipinski definition) is 1. The lowest BCUT2D eigenvalue weighted by Crippen LogP contribution is -2.34. The highest BCUT2D eigenvalue weighted by Gasteiger charge is 2.19. The van der Waals surface area contributed by atoms with Crippen LogP contribution in [-0.4, -0.2) is 30.8 Å². The van der Waals surface area contributed by atoms with Crippen LogP contribution in [0.4, 0.5) is 0 Å². The van der Waals surface area contributed by atoms with Crippen molar-refractivity contribution >= 4 is 10.9 Å².